The molecule has 0 spiro atoms. The number of nitrogens with zero attached hydrogens (tertiary/aromatic N) is 1. The van der Waals surface area contributed by atoms with Crippen LogP contribution in [0.4, 0.5) is 0 Å². The maximum absolute atomic E-state index is 11.9. The van der Waals surface area contributed by atoms with Crippen molar-refractivity contribution in [2.75, 3.05) is 47.5 Å². The summed E-state index contributed by atoms with van der Waals surface area (Å²) in [5.74, 6) is -0.436. The number of likely N-dealkylation sites (N-methyl/N-ethyl adjacent to an activating group) is 1. The first-order valence-electron chi connectivity index (χ1n) is 17.7. The Morgan fingerprint density at radius 2 is 1.02 bits per heavy atom. The van der Waals surface area contributed by atoms with Gasteiger partial charge >= 0.3 is 13.8 Å². The molecule has 0 aromatic rings. The van der Waals surface area contributed by atoms with Gasteiger partial charge in [0.25, 0.3) is 0 Å². The van der Waals surface area contributed by atoms with Crippen molar-refractivity contribution >= 4 is 13.8 Å². The van der Waals surface area contributed by atoms with Crippen molar-refractivity contribution in [1.29, 1.82) is 0 Å². The van der Waals surface area contributed by atoms with Gasteiger partial charge in [0.05, 0.1) is 27.7 Å². The standard InChI is InChI=1S/C40H64NO7P/c1-5-6-7-8-9-10-11-12-13-14-15-16-17-18-19-20-21-22-23-24-25-26-27-28-29-30-31-32-33-34-40(43)46-37-39(42)38-48-49(44,45)47-36-35-41(2,3)4/h6-7,9-10,12-13,15-16,18-19,21-22,24-25,27-28,30-31,39,42H,5,8,11,14,17,20,23,26,29,32-38H2,1-4H3/p+1/b7-6-,10-9-,13-12-,16-15-,19-18-,22-21-,25-24-,28-27-,31-30-. The molecular formula is C40H65NO7P+. The molecule has 0 aliphatic heterocycles. The fourth-order valence-electron chi connectivity index (χ4n) is 3.77. The number of unbranched alkanes of at least 4 members (excludes halogenated alkanes) is 1. The van der Waals surface area contributed by atoms with Crippen LogP contribution >= 0.6 is 7.82 Å². The SMILES string of the molecule is CC/C=C\C/C=C\C/C=C\C/C=C\C/C=C\C/C=C\C/C=C\C/C=C\C/C=C\CCCC(=O)OCC(O)COP(=O)(O)OCC[N+](C)(C)C. The molecule has 0 aromatic carbocycles. The highest BCUT2D eigenvalue weighted by Gasteiger charge is 2.24. The van der Waals surface area contributed by atoms with E-state index in [1.54, 1.807) is 0 Å². The second-order valence-electron chi connectivity index (χ2n) is 12.4. The quantitative estimate of drug-likeness (QED) is 0.0253. The Labute approximate surface area is 297 Å². The smallest absolute Gasteiger partial charge is 0.463 e. The molecule has 0 aliphatic rings. The van der Waals surface area contributed by atoms with Crippen molar-refractivity contribution in [3.05, 3.63) is 109 Å². The van der Waals surface area contributed by atoms with E-state index in [4.69, 9.17) is 13.8 Å². The monoisotopic (exact) mass is 702 g/mol. The van der Waals surface area contributed by atoms with Crippen LogP contribution in [0.25, 0.3) is 0 Å². The van der Waals surface area contributed by atoms with Gasteiger partial charge in [-0.2, -0.15) is 0 Å². The van der Waals surface area contributed by atoms with Gasteiger partial charge in [-0.3, -0.25) is 13.8 Å². The Bertz CT molecular complexity index is 1140. The zero-order valence-corrected chi connectivity index (χ0v) is 31.5. The predicted molar refractivity (Wildman–Crippen MR) is 205 cm³/mol. The Hall–Kier alpha value is -2.84. The maximum Gasteiger partial charge on any atom is 0.472 e. The fraction of sp³-hybridized carbons (Fsp3) is 0.525. The molecule has 276 valence electrons. The van der Waals surface area contributed by atoms with Crippen molar-refractivity contribution in [1.82, 2.24) is 0 Å². The second-order valence-corrected chi connectivity index (χ2v) is 13.8. The maximum atomic E-state index is 11.9. The minimum absolute atomic E-state index is 0.0384. The van der Waals surface area contributed by atoms with Crippen LogP contribution in [0.5, 0.6) is 0 Å². The van der Waals surface area contributed by atoms with E-state index in [2.05, 4.69) is 110 Å². The lowest BCUT2D eigenvalue weighted by Gasteiger charge is -2.24. The van der Waals surface area contributed by atoms with E-state index in [0.717, 1.165) is 64.2 Å². The summed E-state index contributed by atoms with van der Waals surface area (Å²) in [7, 11) is 1.51. The van der Waals surface area contributed by atoms with E-state index in [0.29, 0.717) is 17.4 Å². The molecule has 0 fully saturated rings. The first-order chi connectivity index (χ1) is 23.6. The van der Waals surface area contributed by atoms with Gasteiger partial charge in [0, 0.05) is 6.42 Å². The highest BCUT2D eigenvalue weighted by Crippen LogP contribution is 2.43. The van der Waals surface area contributed by atoms with Crippen molar-refractivity contribution in [2.45, 2.75) is 90.1 Å². The lowest BCUT2D eigenvalue weighted by atomic mass is 10.2. The molecule has 0 bridgehead atoms. The number of aliphatic hydroxyl groups is 1. The lowest BCUT2D eigenvalue weighted by molar-refractivity contribution is -0.870. The molecule has 0 saturated heterocycles. The van der Waals surface area contributed by atoms with E-state index in [1.807, 2.05) is 27.2 Å². The summed E-state index contributed by atoms with van der Waals surface area (Å²) >= 11 is 0. The average Bonchev–Trinajstić information content (AvgIpc) is 3.05. The third kappa shape index (κ3) is 37.8. The van der Waals surface area contributed by atoms with Crippen LogP contribution in [-0.4, -0.2) is 74.1 Å². The van der Waals surface area contributed by atoms with Crippen LogP contribution in [0, 0.1) is 0 Å². The Morgan fingerprint density at radius 1 is 0.633 bits per heavy atom. The summed E-state index contributed by atoms with van der Waals surface area (Å²) in [6.45, 7) is 1.93. The normalized spacial score (nSPS) is 15.3. The molecular weight excluding hydrogens is 637 g/mol. The van der Waals surface area contributed by atoms with Crippen molar-refractivity contribution in [3.8, 4) is 0 Å². The molecule has 0 aliphatic carbocycles. The molecule has 0 aromatic heterocycles. The first kappa shape index (κ1) is 46.2. The fourth-order valence-corrected chi connectivity index (χ4v) is 4.52. The van der Waals surface area contributed by atoms with Gasteiger partial charge in [-0.25, -0.2) is 4.57 Å². The number of esters is 1. The van der Waals surface area contributed by atoms with Gasteiger partial charge in [0.2, 0.25) is 0 Å². The zero-order valence-electron chi connectivity index (χ0n) is 30.6. The topological polar surface area (TPSA) is 102 Å². The molecule has 2 unspecified atom stereocenters. The van der Waals surface area contributed by atoms with Crippen molar-refractivity contribution in [2.24, 2.45) is 0 Å². The molecule has 0 saturated carbocycles. The minimum atomic E-state index is -4.27. The van der Waals surface area contributed by atoms with Gasteiger partial charge in [0.1, 0.15) is 25.9 Å². The van der Waals surface area contributed by atoms with Gasteiger partial charge in [-0.15, -0.1) is 0 Å². The van der Waals surface area contributed by atoms with Gasteiger partial charge in [-0.05, 0) is 70.6 Å². The molecule has 0 amide bonds. The van der Waals surface area contributed by atoms with Crippen molar-refractivity contribution < 1.29 is 37.6 Å². The summed E-state index contributed by atoms with van der Waals surface area (Å²) in [5.41, 5.74) is 0. The van der Waals surface area contributed by atoms with Gasteiger partial charge in [0.15, 0.2) is 0 Å². The predicted octanol–water partition coefficient (Wildman–Crippen LogP) is 9.44. The lowest BCUT2D eigenvalue weighted by Crippen LogP contribution is -2.37. The summed E-state index contributed by atoms with van der Waals surface area (Å²) < 4.78 is 27.1. The third-order valence-corrected chi connectivity index (χ3v) is 7.53. The highest BCUT2D eigenvalue weighted by molar-refractivity contribution is 7.47. The van der Waals surface area contributed by atoms with E-state index in [-0.39, 0.29) is 19.6 Å². The number of ether oxygens (including phenoxy) is 1. The summed E-state index contributed by atoms with van der Waals surface area (Å²) in [4.78, 5) is 21.5. The first-order valence-corrected chi connectivity index (χ1v) is 19.2. The summed E-state index contributed by atoms with van der Waals surface area (Å²) in [6, 6.07) is 0. The van der Waals surface area contributed by atoms with Gasteiger partial charge < -0.3 is 19.2 Å². The van der Waals surface area contributed by atoms with Crippen LogP contribution in [0.3, 0.4) is 0 Å². The van der Waals surface area contributed by atoms with Crippen LogP contribution in [0.15, 0.2) is 109 Å². The number of carbonyl (C=O) groups excluding carboxylic acids is 1. The largest absolute Gasteiger partial charge is 0.472 e. The Morgan fingerprint density at radius 3 is 1.41 bits per heavy atom. The number of quaternary nitrogens is 1. The van der Waals surface area contributed by atoms with E-state index < -0.39 is 26.5 Å². The van der Waals surface area contributed by atoms with Crippen LogP contribution < -0.4 is 0 Å². The van der Waals surface area contributed by atoms with Crippen LogP contribution in [0.1, 0.15) is 84.0 Å². The summed E-state index contributed by atoms with van der Waals surface area (Å²) in [5, 5.41) is 9.87. The van der Waals surface area contributed by atoms with Crippen LogP contribution in [0.2, 0.25) is 0 Å². The number of hydrogen-bond donors (Lipinski definition) is 2. The summed E-state index contributed by atoms with van der Waals surface area (Å²) in [6.07, 6.45) is 48.3. The molecule has 2 N–H and O–H groups in total. The van der Waals surface area contributed by atoms with E-state index in [1.165, 1.54) is 0 Å². The Kier molecular flexibility index (Phi) is 30.5. The molecule has 0 rings (SSSR count). The molecule has 8 nitrogen and oxygen atoms in total. The number of phosphoric acid groups is 1. The molecule has 0 heterocycles. The number of rotatable bonds is 30. The zero-order chi connectivity index (χ0) is 36.3. The van der Waals surface area contributed by atoms with Crippen molar-refractivity contribution in [3.63, 3.8) is 0 Å². The Balaban J connectivity index is 3.75. The molecule has 9 heteroatoms. The van der Waals surface area contributed by atoms with E-state index in [9.17, 15) is 19.4 Å². The van der Waals surface area contributed by atoms with E-state index >= 15 is 0 Å². The molecule has 0 radical (unpaired) electrons. The number of phosphoric ester groups is 1. The molecule has 49 heavy (non-hydrogen) atoms. The van der Waals surface area contributed by atoms with Crippen LogP contribution in [-0.2, 0) is 23.1 Å². The average molecular weight is 703 g/mol. The highest BCUT2D eigenvalue weighted by atomic mass is 31.2. The minimum Gasteiger partial charge on any atom is -0.463 e. The number of aliphatic hydroxyl groups excluding tert-OH is 1. The molecule has 2 atom stereocenters. The van der Waals surface area contributed by atoms with Gasteiger partial charge in [-0.1, -0.05) is 116 Å². The number of hydrogen-bond acceptors (Lipinski definition) is 6. The number of allylic oxidation sites excluding steroid dienone is 18. The second kappa shape index (κ2) is 32.4. The third-order valence-electron chi connectivity index (χ3n) is 6.55. The number of carbonyl (C=O) groups is 1.